The largest absolute Gasteiger partial charge is 0.314 e. The van der Waals surface area contributed by atoms with Crippen molar-refractivity contribution in [2.24, 2.45) is 0 Å². The van der Waals surface area contributed by atoms with Crippen LogP contribution >= 0.6 is 0 Å². The molecule has 5 nitrogen and oxygen atoms in total. The van der Waals surface area contributed by atoms with E-state index >= 15 is 0 Å². The number of anilines is 1. The molecule has 3 aromatic carbocycles. The Morgan fingerprint density at radius 1 is 1.00 bits per heavy atom. The van der Waals surface area contributed by atoms with E-state index in [1.54, 1.807) is 36.2 Å². The molecule has 3 aromatic rings. The summed E-state index contributed by atoms with van der Waals surface area (Å²) in [6.45, 7) is 2.27. The molecule has 4 rings (SSSR count). The minimum atomic E-state index is -3.71. The van der Waals surface area contributed by atoms with E-state index in [4.69, 9.17) is 0 Å². The number of amides is 1. The minimum absolute atomic E-state index is 0.200. The van der Waals surface area contributed by atoms with Gasteiger partial charge in [-0.1, -0.05) is 48.0 Å². The molecule has 1 fully saturated rings. The molecule has 1 amide bonds. The van der Waals surface area contributed by atoms with Crippen LogP contribution in [-0.4, -0.2) is 38.3 Å². The van der Waals surface area contributed by atoms with Gasteiger partial charge in [-0.3, -0.25) is 4.79 Å². The van der Waals surface area contributed by atoms with Crippen molar-refractivity contribution in [2.75, 3.05) is 18.5 Å². The molecule has 1 aliphatic rings. The maximum Gasteiger partial charge on any atom is 0.245 e. The monoisotopic (exact) mass is 408 g/mol. The minimum Gasteiger partial charge on any atom is -0.314 e. The van der Waals surface area contributed by atoms with E-state index in [1.807, 2.05) is 49.4 Å². The Morgan fingerprint density at radius 2 is 1.69 bits per heavy atom. The number of benzene rings is 3. The number of rotatable bonds is 4. The summed E-state index contributed by atoms with van der Waals surface area (Å²) in [5.74, 6) is -0.200. The van der Waals surface area contributed by atoms with Crippen LogP contribution in [0.15, 0.2) is 71.6 Å². The molecule has 1 heterocycles. The van der Waals surface area contributed by atoms with Crippen LogP contribution in [0.3, 0.4) is 0 Å². The van der Waals surface area contributed by atoms with Gasteiger partial charge in [0.15, 0.2) is 0 Å². The summed E-state index contributed by atoms with van der Waals surface area (Å²) in [6, 6.07) is 19.9. The number of hydrogen-bond donors (Lipinski definition) is 0. The molecule has 150 valence electrons. The highest BCUT2D eigenvalue weighted by Gasteiger charge is 2.40. The summed E-state index contributed by atoms with van der Waals surface area (Å²) in [5.41, 5.74) is 1.75. The average molecular weight is 409 g/mol. The Kier molecular flexibility index (Phi) is 5.15. The summed E-state index contributed by atoms with van der Waals surface area (Å²) >= 11 is 0. The SMILES string of the molecule is Cc1ccc(S(=O)(=O)N2CCCC2C(=O)N(C)c2ccc3ccccc3c2)cc1. The molecule has 0 radical (unpaired) electrons. The number of carbonyl (C=O) groups is 1. The second-order valence-corrected chi connectivity index (χ2v) is 9.41. The molecule has 1 saturated heterocycles. The summed E-state index contributed by atoms with van der Waals surface area (Å²) in [7, 11) is -2.00. The van der Waals surface area contributed by atoms with E-state index in [0.29, 0.717) is 19.4 Å². The standard InChI is InChI=1S/C23H24N2O3S/c1-17-9-13-21(14-10-17)29(27,28)25-15-5-8-22(25)23(26)24(2)20-12-11-18-6-3-4-7-19(18)16-20/h3-4,6-7,9-14,16,22H,5,8,15H2,1-2H3. The van der Waals surface area contributed by atoms with Crippen molar-refractivity contribution in [2.45, 2.75) is 30.7 Å². The van der Waals surface area contributed by atoms with Crippen molar-refractivity contribution in [3.05, 3.63) is 72.3 Å². The first kappa shape index (κ1) is 19.6. The Hall–Kier alpha value is -2.70. The van der Waals surface area contributed by atoms with Crippen molar-refractivity contribution in [3.63, 3.8) is 0 Å². The van der Waals surface area contributed by atoms with E-state index in [-0.39, 0.29) is 10.8 Å². The van der Waals surface area contributed by atoms with E-state index in [9.17, 15) is 13.2 Å². The fourth-order valence-corrected chi connectivity index (χ4v) is 5.51. The number of sulfonamides is 1. The van der Waals surface area contributed by atoms with Crippen LogP contribution in [0.4, 0.5) is 5.69 Å². The third-order valence-electron chi connectivity index (χ3n) is 5.57. The van der Waals surface area contributed by atoms with Gasteiger partial charge in [0.1, 0.15) is 6.04 Å². The van der Waals surface area contributed by atoms with Crippen LogP contribution in [0.5, 0.6) is 0 Å². The third kappa shape index (κ3) is 3.66. The maximum atomic E-state index is 13.2. The number of nitrogens with zero attached hydrogens (tertiary/aromatic N) is 2. The van der Waals surface area contributed by atoms with Crippen LogP contribution in [0.1, 0.15) is 18.4 Å². The number of aryl methyl sites for hydroxylation is 1. The molecular formula is C23H24N2O3S. The lowest BCUT2D eigenvalue weighted by molar-refractivity contribution is -0.121. The molecule has 0 aliphatic carbocycles. The summed E-state index contributed by atoms with van der Waals surface area (Å²) in [6.07, 6.45) is 1.20. The summed E-state index contributed by atoms with van der Waals surface area (Å²) in [4.78, 5) is 15.0. The second-order valence-electron chi connectivity index (χ2n) is 7.52. The molecule has 29 heavy (non-hydrogen) atoms. The first-order valence-electron chi connectivity index (χ1n) is 9.73. The van der Waals surface area contributed by atoms with Crippen LogP contribution in [0, 0.1) is 6.92 Å². The van der Waals surface area contributed by atoms with Gasteiger partial charge < -0.3 is 4.90 Å². The molecule has 1 aliphatic heterocycles. The quantitative estimate of drug-likeness (QED) is 0.656. The molecule has 1 atom stereocenters. The first-order valence-corrected chi connectivity index (χ1v) is 11.2. The molecule has 0 saturated carbocycles. The zero-order valence-corrected chi connectivity index (χ0v) is 17.4. The highest BCUT2D eigenvalue weighted by Crippen LogP contribution is 2.29. The molecule has 0 aromatic heterocycles. The fourth-order valence-electron chi connectivity index (χ4n) is 3.86. The third-order valence-corrected chi connectivity index (χ3v) is 7.49. The lowest BCUT2D eigenvalue weighted by atomic mass is 10.1. The normalized spacial score (nSPS) is 17.5. The van der Waals surface area contributed by atoms with Crippen LogP contribution in [0.25, 0.3) is 10.8 Å². The van der Waals surface area contributed by atoms with E-state index in [0.717, 1.165) is 22.0 Å². The zero-order valence-electron chi connectivity index (χ0n) is 16.6. The second kappa shape index (κ2) is 7.61. The van der Waals surface area contributed by atoms with Gasteiger partial charge >= 0.3 is 0 Å². The van der Waals surface area contributed by atoms with E-state index in [1.165, 1.54) is 4.31 Å². The van der Waals surface area contributed by atoms with Crippen molar-refractivity contribution in [1.29, 1.82) is 0 Å². The van der Waals surface area contributed by atoms with Crippen molar-refractivity contribution in [1.82, 2.24) is 4.31 Å². The van der Waals surface area contributed by atoms with Crippen LogP contribution in [-0.2, 0) is 14.8 Å². The highest BCUT2D eigenvalue weighted by molar-refractivity contribution is 7.89. The van der Waals surface area contributed by atoms with Gasteiger partial charge in [-0.25, -0.2) is 8.42 Å². The Morgan fingerprint density at radius 3 is 2.41 bits per heavy atom. The Balaban J connectivity index is 1.62. The molecule has 6 heteroatoms. The number of likely N-dealkylation sites (N-methyl/N-ethyl adjacent to an activating group) is 1. The predicted octanol–water partition coefficient (Wildman–Crippen LogP) is 3.96. The summed E-state index contributed by atoms with van der Waals surface area (Å²) in [5, 5.41) is 2.14. The fraction of sp³-hybridized carbons (Fsp3) is 0.261. The molecule has 0 bridgehead atoms. The van der Waals surface area contributed by atoms with Gasteiger partial charge in [0.05, 0.1) is 4.90 Å². The van der Waals surface area contributed by atoms with Gasteiger partial charge in [-0.2, -0.15) is 4.31 Å². The van der Waals surface area contributed by atoms with E-state index < -0.39 is 16.1 Å². The lowest BCUT2D eigenvalue weighted by Crippen LogP contribution is -2.46. The van der Waals surface area contributed by atoms with Crippen molar-refractivity contribution in [3.8, 4) is 0 Å². The molecule has 0 N–H and O–H groups in total. The topological polar surface area (TPSA) is 57.7 Å². The lowest BCUT2D eigenvalue weighted by Gasteiger charge is -2.27. The Bertz CT molecular complexity index is 1160. The van der Waals surface area contributed by atoms with Crippen LogP contribution < -0.4 is 4.90 Å². The van der Waals surface area contributed by atoms with Crippen molar-refractivity contribution < 1.29 is 13.2 Å². The average Bonchev–Trinajstić information content (AvgIpc) is 3.23. The Labute approximate surface area is 171 Å². The number of fused-ring (bicyclic) bond motifs is 1. The number of carbonyl (C=O) groups excluding carboxylic acids is 1. The zero-order chi connectivity index (χ0) is 20.6. The van der Waals surface area contributed by atoms with Crippen molar-refractivity contribution >= 4 is 32.4 Å². The van der Waals surface area contributed by atoms with Gasteiger partial charge in [0, 0.05) is 19.3 Å². The number of hydrogen-bond acceptors (Lipinski definition) is 3. The molecular weight excluding hydrogens is 384 g/mol. The molecule has 0 spiro atoms. The van der Waals surface area contributed by atoms with Gasteiger partial charge in [0.25, 0.3) is 0 Å². The molecule has 1 unspecified atom stereocenters. The summed E-state index contributed by atoms with van der Waals surface area (Å²) < 4.78 is 27.7. The maximum absolute atomic E-state index is 13.2. The van der Waals surface area contributed by atoms with Gasteiger partial charge in [-0.15, -0.1) is 0 Å². The highest BCUT2D eigenvalue weighted by atomic mass is 32.2. The first-order chi connectivity index (χ1) is 13.9. The predicted molar refractivity (Wildman–Crippen MR) is 115 cm³/mol. The van der Waals surface area contributed by atoms with Crippen LogP contribution in [0.2, 0.25) is 0 Å². The van der Waals surface area contributed by atoms with Gasteiger partial charge in [0.2, 0.25) is 15.9 Å². The smallest absolute Gasteiger partial charge is 0.245 e. The van der Waals surface area contributed by atoms with E-state index in [2.05, 4.69) is 0 Å². The van der Waals surface area contributed by atoms with Gasteiger partial charge in [-0.05, 0) is 54.8 Å².